The number of carbonyl (C=O) groups excluding carboxylic acids is 1. The summed E-state index contributed by atoms with van der Waals surface area (Å²) in [6, 6.07) is 6.25. The number of amides is 1. The number of hydrogen-bond donors (Lipinski definition) is 3. The first kappa shape index (κ1) is 14.1. The summed E-state index contributed by atoms with van der Waals surface area (Å²) in [6.45, 7) is 3.21. The largest absolute Gasteiger partial charge is 0.326 e. The zero-order chi connectivity index (χ0) is 14.8. The normalized spacial score (nSPS) is 11.1. The van der Waals surface area contributed by atoms with Crippen LogP contribution in [0, 0.1) is 6.92 Å². The topological polar surface area (TPSA) is 104 Å². The molecule has 106 valence electrons. The molecule has 20 heavy (non-hydrogen) atoms. The molecule has 0 saturated heterocycles. The molecule has 1 heterocycles. The predicted octanol–water partition coefficient (Wildman–Crippen LogP) is 1.48. The molecule has 0 atom stereocenters. The van der Waals surface area contributed by atoms with Crippen molar-refractivity contribution in [2.24, 2.45) is 0 Å². The van der Waals surface area contributed by atoms with E-state index in [4.69, 9.17) is 0 Å². The van der Waals surface area contributed by atoms with E-state index < -0.39 is 10.0 Å². The van der Waals surface area contributed by atoms with Crippen molar-refractivity contribution in [2.45, 2.75) is 18.9 Å². The van der Waals surface area contributed by atoms with Crippen molar-refractivity contribution >= 4 is 27.3 Å². The van der Waals surface area contributed by atoms with Crippen molar-refractivity contribution in [3.63, 3.8) is 0 Å². The van der Waals surface area contributed by atoms with Crippen molar-refractivity contribution in [1.82, 2.24) is 10.2 Å². The second-order valence-corrected chi connectivity index (χ2v) is 5.89. The number of anilines is 2. The molecule has 0 radical (unpaired) electrons. The van der Waals surface area contributed by atoms with Gasteiger partial charge in [0, 0.05) is 12.6 Å². The van der Waals surface area contributed by atoms with Gasteiger partial charge >= 0.3 is 0 Å². The Morgan fingerprint density at radius 2 is 2.05 bits per heavy atom. The molecule has 2 rings (SSSR count). The van der Waals surface area contributed by atoms with Crippen LogP contribution in [0.25, 0.3) is 0 Å². The lowest BCUT2D eigenvalue weighted by Gasteiger charge is -2.11. The Kier molecular flexibility index (Phi) is 3.75. The van der Waals surface area contributed by atoms with Gasteiger partial charge in [0.2, 0.25) is 5.91 Å². The number of sulfonamides is 1. The molecule has 3 N–H and O–H groups in total. The summed E-state index contributed by atoms with van der Waals surface area (Å²) < 4.78 is 26.4. The third kappa shape index (κ3) is 3.15. The monoisotopic (exact) mass is 294 g/mol. The number of hydrogen-bond acceptors (Lipinski definition) is 4. The van der Waals surface area contributed by atoms with Gasteiger partial charge in [0.25, 0.3) is 10.0 Å². The first-order valence-electron chi connectivity index (χ1n) is 5.79. The van der Waals surface area contributed by atoms with E-state index in [1.807, 2.05) is 6.92 Å². The lowest BCUT2D eigenvalue weighted by Crippen LogP contribution is -2.14. The van der Waals surface area contributed by atoms with Gasteiger partial charge in [-0.05, 0) is 30.7 Å². The molecule has 0 unspecified atom stereocenters. The highest BCUT2D eigenvalue weighted by Crippen LogP contribution is 2.22. The van der Waals surface area contributed by atoms with E-state index in [-0.39, 0.29) is 10.9 Å². The van der Waals surface area contributed by atoms with Crippen LogP contribution in [0.1, 0.15) is 12.5 Å². The fourth-order valence-electron chi connectivity index (χ4n) is 1.61. The summed E-state index contributed by atoms with van der Waals surface area (Å²) >= 11 is 0. The van der Waals surface area contributed by atoms with Crippen LogP contribution in [-0.2, 0) is 14.8 Å². The minimum Gasteiger partial charge on any atom is -0.326 e. The number of aromatic amines is 1. The van der Waals surface area contributed by atoms with Gasteiger partial charge in [0.05, 0.1) is 11.9 Å². The van der Waals surface area contributed by atoms with Crippen molar-refractivity contribution in [3.05, 3.63) is 36.0 Å². The zero-order valence-electron chi connectivity index (χ0n) is 11.0. The highest BCUT2D eigenvalue weighted by molar-refractivity contribution is 7.92. The average Bonchev–Trinajstić information content (AvgIpc) is 2.87. The van der Waals surface area contributed by atoms with Crippen LogP contribution in [0.4, 0.5) is 11.4 Å². The smallest absolute Gasteiger partial charge is 0.278 e. The van der Waals surface area contributed by atoms with E-state index in [2.05, 4.69) is 20.2 Å². The van der Waals surface area contributed by atoms with E-state index in [0.29, 0.717) is 11.4 Å². The molecule has 0 fully saturated rings. The maximum atomic E-state index is 12.0. The predicted molar refractivity (Wildman–Crippen MR) is 74.9 cm³/mol. The van der Waals surface area contributed by atoms with Gasteiger partial charge in [-0.3, -0.25) is 14.6 Å². The van der Waals surface area contributed by atoms with Gasteiger partial charge in [0.15, 0.2) is 5.03 Å². The molecule has 1 aromatic carbocycles. The number of carbonyl (C=O) groups is 1. The van der Waals surface area contributed by atoms with Gasteiger partial charge in [0.1, 0.15) is 0 Å². The number of aryl methyl sites for hydroxylation is 1. The zero-order valence-corrected chi connectivity index (χ0v) is 11.8. The second kappa shape index (κ2) is 5.33. The van der Waals surface area contributed by atoms with Crippen molar-refractivity contribution < 1.29 is 13.2 Å². The molecule has 0 aliphatic heterocycles. The minimum atomic E-state index is -3.71. The molecule has 1 amide bonds. The number of nitrogens with one attached hydrogen (secondary N) is 3. The highest BCUT2D eigenvalue weighted by Gasteiger charge is 2.16. The highest BCUT2D eigenvalue weighted by atomic mass is 32.2. The summed E-state index contributed by atoms with van der Waals surface area (Å²) in [5, 5.41) is 8.60. The Morgan fingerprint density at radius 1 is 1.30 bits per heavy atom. The maximum absolute atomic E-state index is 12.0. The van der Waals surface area contributed by atoms with Gasteiger partial charge in [-0.2, -0.15) is 13.5 Å². The molecule has 1 aromatic heterocycles. The average molecular weight is 294 g/mol. The Hall–Kier alpha value is -2.35. The quantitative estimate of drug-likeness (QED) is 0.794. The second-order valence-electron chi connectivity index (χ2n) is 4.24. The number of nitrogens with zero attached hydrogens (tertiary/aromatic N) is 1. The standard InChI is InChI=1S/C12H14N4O3S/c1-8-3-4-10(7-11(8)14-9(2)17)16-20(18,19)12-5-6-13-15-12/h3-7,16H,1-2H3,(H,13,15)(H,14,17). The van der Waals surface area contributed by atoms with Crippen molar-refractivity contribution in [2.75, 3.05) is 10.0 Å². The van der Waals surface area contributed by atoms with E-state index >= 15 is 0 Å². The molecule has 0 aliphatic rings. The molecule has 0 saturated carbocycles. The molecule has 0 aliphatic carbocycles. The van der Waals surface area contributed by atoms with Gasteiger partial charge in [-0.15, -0.1) is 0 Å². The van der Waals surface area contributed by atoms with Crippen molar-refractivity contribution in [3.8, 4) is 0 Å². The van der Waals surface area contributed by atoms with E-state index in [1.165, 1.54) is 19.2 Å². The molecule has 0 bridgehead atoms. The number of aromatic nitrogens is 2. The Morgan fingerprint density at radius 3 is 2.65 bits per heavy atom. The Bertz CT molecular complexity index is 723. The van der Waals surface area contributed by atoms with Gasteiger partial charge in [-0.25, -0.2) is 0 Å². The van der Waals surface area contributed by atoms with Gasteiger partial charge < -0.3 is 5.32 Å². The number of benzene rings is 1. The van der Waals surface area contributed by atoms with Crippen LogP contribution < -0.4 is 10.0 Å². The Balaban J connectivity index is 2.28. The van der Waals surface area contributed by atoms with E-state index in [0.717, 1.165) is 5.56 Å². The summed E-state index contributed by atoms with van der Waals surface area (Å²) in [4.78, 5) is 11.1. The fraction of sp³-hybridized carbons (Fsp3) is 0.167. The summed E-state index contributed by atoms with van der Waals surface area (Å²) in [6.07, 6.45) is 1.35. The minimum absolute atomic E-state index is 0.0286. The van der Waals surface area contributed by atoms with Crippen LogP contribution in [-0.4, -0.2) is 24.5 Å². The van der Waals surface area contributed by atoms with Crippen LogP contribution in [0.5, 0.6) is 0 Å². The molecular formula is C12H14N4O3S. The summed E-state index contributed by atoms with van der Waals surface area (Å²) in [5.74, 6) is -0.221. The SMILES string of the molecule is CC(=O)Nc1cc(NS(=O)(=O)c2ccn[nH]2)ccc1C. The molecule has 2 aromatic rings. The van der Waals surface area contributed by atoms with Crippen molar-refractivity contribution in [1.29, 1.82) is 0 Å². The molecule has 7 nitrogen and oxygen atoms in total. The number of H-pyrrole nitrogens is 1. The molecule has 8 heteroatoms. The van der Waals surface area contributed by atoms with Crippen LogP contribution in [0.2, 0.25) is 0 Å². The van der Waals surface area contributed by atoms with E-state index in [9.17, 15) is 13.2 Å². The van der Waals surface area contributed by atoms with Crippen LogP contribution in [0.3, 0.4) is 0 Å². The molecule has 0 spiro atoms. The van der Waals surface area contributed by atoms with E-state index in [1.54, 1.807) is 18.2 Å². The third-order valence-electron chi connectivity index (χ3n) is 2.57. The first-order valence-corrected chi connectivity index (χ1v) is 7.27. The lowest BCUT2D eigenvalue weighted by atomic mass is 10.2. The maximum Gasteiger partial charge on any atom is 0.278 e. The fourth-order valence-corrected chi connectivity index (χ4v) is 2.57. The lowest BCUT2D eigenvalue weighted by molar-refractivity contribution is -0.114. The third-order valence-corrected chi connectivity index (χ3v) is 3.88. The summed E-state index contributed by atoms with van der Waals surface area (Å²) in [5.41, 5.74) is 1.75. The van der Waals surface area contributed by atoms with Crippen LogP contribution >= 0.6 is 0 Å². The number of rotatable bonds is 4. The van der Waals surface area contributed by atoms with Crippen LogP contribution in [0.15, 0.2) is 35.5 Å². The summed E-state index contributed by atoms with van der Waals surface area (Å²) in [7, 11) is -3.71. The first-order chi connectivity index (χ1) is 9.38. The Labute approximate surface area is 116 Å². The molecular weight excluding hydrogens is 280 g/mol. The van der Waals surface area contributed by atoms with Gasteiger partial charge in [-0.1, -0.05) is 6.07 Å².